The average Bonchev–Trinajstić information content (AvgIpc) is 0.918. The van der Waals surface area contributed by atoms with Gasteiger partial charge in [0.25, 0.3) is 0 Å². The van der Waals surface area contributed by atoms with Crippen molar-refractivity contribution in [2.45, 2.75) is 0 Å². The van der Waals surface area contributed by atoms with Crippen LogP contribution in [-0.4, -0.2) is 44.6 Å². The molecule has 0 bridgehead atoms. The Kier molecular flexibility index (Phi) is 19.9. The summed E-state index contributed by atoms with van der Waals surface area (Å²) < 4.78 is 17.0. The van der Waals surface area contributed by atoms with E-state index in [1.165, 1.54) is 0 Å². The monoisotopic (exact) mass is 294 g/mol. The molecule has 0 aliphatic heterocycles. The van der Waals surface area contributed by atoms with Crippen LogP contribution < -0.4 is 0 Å². The summed E-state index contributed by atoms with van der Waals surface area (Å²) in [5.74, 6) is 0. The summed E-state index contributed by atoms with van der Waals surface area (Å²) in [7, 11) is 0. The predicted octanol–water partition coefficient (Wildman–Crippen LogP) is -1.53. The Morgan fingerprint density at radius 2 is 1.25 bits per heavy atom. The first-order valence-corrected chi connectivity index (χ1v) is 2.24. The molecule has 0 aliphatic carbocycles. The van der Waals surface area contributed by atoms with Crippen LogP contribution in [0.3, 0.4) is 0 Å². The van der Waals surface area contributed by atoms with Gasteiger partial charge in [-0.3, -0.25) is 0 Å². The molecule has 0 heterocycles. The van der Waals surface area contributed by atoms with Crippen molar-refractivity contribution in [3.05, 3.63) is 0 Å². The van der Waals surface area contributed by atoms with Gasteiger partial charge in [-0.25, -0.2) is 0 Å². The van der Waals surface area contributed by atoms with Gasteiger partial charge in [-0.2, -0.15) is 0 Å². The van der Waals surface area contributed by atoms with Gasteiger partial charge in [0.1, 0.15) is 0 Å². The molecule has 0 aromatic carbocycles. The summed E-state index contributed by atoms with van der Waals surface area (Å²) in [4.78, 5) is 0. The molecule has 0 spiro atoms. The molecule has 0 aliphatic rings. The third-order valence-corrected chi connectivity index (χ3v) is 0. The number of hydrogen-bond acceptors (Lipinski definition) is 2. The van der Waals surface area contributed by atoms with Crippen molar-refractivity contribution in [1.29, 1.82) is 0 Å². The van der Waals surface area contributed by atoms with E-state index in [1.807, 2.05) is 0 Å². The van der Waals surface area contributed by atoms with Crippen LogP contribution >= 0.6 is 0 Å². The van der Waals surface area contributed by atoms with E-state index in [9.17, 15) is 0 Å². The van der Waals surface area contributed by atoms with Crippen LogP contribution in [0.1, 0.15) is 0 Å². The molecule has 0 aromatic heterocycles. The van der Waals surface area contributed by atoms with Crippen molar-refractivity contribution in [2.24, 2.45) is 0 Å². The Morgan fingerprint density at radius 3 is 1.25 bits per heavy atom. The van der Waals surface area contributed by atoms with Gasteiger partial charge in [0, 0.05) is 0 Å². The van der Waals surface area contributed by atoms with Gasteiger partial charge in [-0.1, -0.05) is 0 Å². The number of hydrogen-bond donors (Lipinski definition) is 0. The molecule has 0 amide bonds. The minimum absolute atomic E-state index is 0. The summed E-state index contributed by atoms with van der Waals surface area (Å²) in [6.07, 6.45) is 0. The van der Waals surface area contributed by atoms with Crippen LogP contribution in [0.5, 0.6) is 0 Å². The van der Waals surface area contributed by atoms with Crippen LogP contribution in [0.25, 0.3) is 0 Å². The molecule has 0 aromatic rings. The van der Waals surface area contributed by atoms with Crippen LogP contribution in [-0.2, 0) is 6.21 Å². The molecule has 26 valence electrons. The summed E-state index contributed by atoms with van der Waals surface area (Å²) in [6.45, 7) is 0. The standard InChI is InChI=1S/O2Te.H2Te/c1-3-2;/h;1H2. The van der Waals surface area contributed by atoms with E-state index < -0.39 is 20.9 Å². The zero-order chi connectivity index (χ0) is 2.71. The quantitative estimate of drug-likeness (QED) is 0.507. The van der Waals surface area contributed by atoms with Gasteiger partial charge >= 0.3 is 50.8 Å². The molecule has 0 unspecified atom stereocenters. The predicted molar refractivity (Wildman–Crippen MR) is 15.7 cm³/mol. The van der Waals surface area contributed by atoms with Crippen molar-refractivity contribution in [2.75, 3.05) is 0 Å². The Labute approximate surface area is 50.5 Å². The van der Waals surface area contributed by atoms with E-state index in [0.29, 0.717) is 0 Å². The molecule has 0 N–H and O–H groups in total. The zero-order valence-electron chi connectivity index (χ0n) is 1.72. The van der Waals surface area contributed by atoms with E-state index in [1.54, 1.807) is 0 Å². The van der Waals surface area contributed by atoms with Crippen LogP contribution in [0.15, 0.2) is 0 Å². The first kappa shape index (κ1) is 8.95. The topological polar surface area (TPSA) is 34.1 Å². The first-order valence-electron chi connectivity index (χ1n) is 0.333. The number of rotatable bonds is 0. The van der Waals surface area contributed by atoms with Gasteiger partial charge in [-0.15, -0.1) is 0 Å². The van der Waals surface area contributed by atoms with Crippen LogP contribution in [0.2, 0.25) is 0 Å². The Morgan fingerprint density at radius 1 is 1.25 bits per heavy atom. The second kappa shape index (κ2) is 8.89. The maximum atomic E-state index is 8.50. The van der Waals surface area contributed by atoms with Gasteiger partial charge in [0.05, 0.1) is 0 Å². The Hall–Kier alpha value is 1.18. The molecule has 0 saturated heterocycles. The Balaban J connectivity index is 0. The summed E-state index contributed by atoms with van der Waals surface area (Å²) >= 11 is -2.03. The second-order valence-corrected chi connectivity index (χ2v) is 0.456. The van der Waals surface area contributed by atoms with E-state index in [0.717, 1.165) is 0 Å². The fraction of sp³-hybridized carbons (Fsp3) is 0. The summed E-state index contributed by atoms with van der Waals surface area (Å²) in [6, 6.07) is 0. The summed E-state index contributed by atoms with van der Waals surface area (Å²) in [5, 5.41) is 0. The molecule has 4 heteroatoms. The van der Waals surface area contributed by atoms with E-state index >= 15 is 0 Å². The van der Waals surface area contributed by atoms with Gasteiger partial charge in [0.15, 0.2) is 0 Å². The molecule has 2 nitrogen and oxygen atoms in total. The van der Waals surface area contributed by atoms with Crippen molar-refractivity contribution in [3.63, 3.8) is 0 Å². The van der Waals surface area contributed by atoms with E-state index in [2.05, 4.69) is 0 Å². The van der Waals surface area contributed by atoms with Gasteiger partial charge in [0.2, 0.25) is 0 Å². The third kappa shape index (κ3) is 10.9. The zero-order valence-corrected chi connectivity index (χ0v) is 6.91. The average molecular weight is 289 g/mol. The molecular weight excluding hydrogens is 287 g/mol. The minimum atomic E-state index is -2.03. The molecule has 4 heavy (non-hydrogen) atoms. The Bertz CT molecular complexity index is 25.0. The van der Waals surface area contributed by atoms with Gasteiger partial charge < -0.3 is 0 Å². The molecule has 0 rings (SSSR count). The fourth-order valence-electron chi connectivity index (χ4n) is 0. The van der Waals surface area contributed by atoms with Crippen molar-refractivity contribution >= 4 is 44.6 Å². The van der Waals surface area contributed by atoms with Crippen LogP contribution in [0, 0.1) is 0 Å². The van der Waals surface area contributed by atoms with Crippen molar-refractivity contribution in [1.82, 2.24) is 0 Å². The fourth-order valence-corrected chi connectivity index (χ4v) is 0. The summed E-state index contributed by atoms with van der Waals surface area (Å²) in [5.41, 5.74) is 0. The maximum absolute atomic E-state index is 8.50. The van der Waals surface area contributed by atoms with Crippen molar-refractivity contribution in [3.8, 4) is 0 Å². The first-order chi connectivity index (χ1) is 1.41. The van der Waals surface area contributed by atoms with E-state index in [-0.39, 0.29) is 23.7 Å². The normalized spacial score (nSPS) is 3.00. The molecule has 0 atom stereocenters. The van der Waals surface area contributed by atoms with Crippen molar-refractivity contribution < 1.29 is 6.21 Å². The molecule has 0 saturated carbocycles. The molecule has 0 fully saturated rings. The van der Waals surface area contributed by atoms with Gasteiger partial charge in [-0.05, 0) is 0 Å². The molecule has 0 radical (unpaired) electrons. The SMILES string of the molecule is O=[Te]=O.[TeH2]. The molecular formula is H2O2Te2. The third-order valence-electron chi connectivity index (χ3n) is 0. The van der Waals surface area contributed by atoms with Crippen LogP contribution in [0.4, 0.5) is 0 Å². The van der Waals surface area contributed by atoms with E-state index in [4.69, 9.17) is 6.21 Å². The second-order valence-electron chi connectivity index (χ2n) is 0.0680.